The second-order valence-corrected chi connectivity index (χ2v) is 7.87. The van der Waals surface area contributed by atoms with Gasteiger partial charge in [0.1, 0.15) is 6.10 Å². The molecular formula is C22H20Cl2O3. The zero-order valence-electron chi connectivity index (χ0n) is 14.7. The van der Waals surface area contributed by atoms with E-state index >= 15 is 0 Å². The highest BCUT2D eigenvalue weighted by atomic mass is 35.5. The molecule has 2 aliphatic rings. The minimum absolute atomic E-state index is 0.0880. The normalized spacial score (nSPS) is 24.7. The summed E-state index contributed by atoms with van der Waals surface area (Å²) in [6, 6.07) is 15.0. The maximum absolute atomic E-state index is 13.0. The summed E-state index contributed by atoms with van der Waals surface area (Å²) in [6.07, 6.45) is 3.86. The first kappa shape index (κ1) is 18.5. The van der Waals surface area contributed by atoms with Crippen molar-refractivity contribution in [3.05, 3.63) is 76.0 Å². The maximum atomic E-state index is 13.0. The highest BCUT2D eigenvalue weighted by molar-refractivity contribution is 6.35. The third-order valence-corrected chi connectivity index (χ3v) is 5.85. The van der Waals surface area contributed by atoms with Crippen molar-refractivity contribution in [1.82, 2.24) is 0 Å². The summed E-state index contributed by atoms with van der Waals surface area (Å²) < 4.78 is 12.0. The van der Waals surface area contributed by atoms with Crippen LogP contribution < -0.4 is 0 Å². The van der Waals surface area contributed by atoms with Crippen molar-refractivity contribution in [2.75, 3.05) is 0 Å². The second kappa shape index (κ2) is 8.05. The largest absolute Gasteiger partial charge is 0.496 e. The summed E-state index contributed by atoms with van der Waals surface area (Å²) in [6.45, 7) is 0.536. The summed E-state index contributed by atoms with van der Waals surface area (Å²) in [7, 11) is 0. The zero-order chi connectivity index (χ0) is 18.8. The van der Waals surface area contributed by atoms with Crippen LogP contribution in [0.15, 0.2) is 54.8 Å². The minimum atomic E-state index is -0.132. The van der Waals surface area contributed by atoms with Crippen LogP contribution in [0, 0.1) is 5.92 Å². The number of carbonyl (C=O) groups excluding carboxylic acids is 1. The van der Waals surface area contributed by atoms with Crippen molar-refractivity contribution < 1.29 is 14.3 Å². The topological polar surface area (TPSA) is 35.5 Å². The lowest BCUT2D eigenvalue weighted by Crippen LogP contribution is -2.41. The van der Waals surface area contributed by atoms with Crippen LogP contribution >= 0.6 is 23.2 Å². The van der Waals surface area contributed by atoms with Gasteiger partial charge in [0.25, 0.3) is 0 Å². The molecule has 3 nitrogen and oxygen atoms in total. The van der Waals surface area contributed by atoms with Crippen LogP contribution in [-0.2, 0) is 20.9 Å². The summed E-state index contributed by atoms with van der Waals surface area (Å²) in [4.78, 5) is 13.0. The van der Waals surface area contributed by atoms with Gasteiger partial charge in [-0.2, -0.15) is 0 Å². The summed E-state index contributed by atoms with van der Waals surface area (Å²) in [5.41, 5.74) is 2.40. The van der Waals surface area contributed by atoms with E-state index in [1.54, 1.807) is 12.3 Å². The van der Waals surface area contributed by atoms with Crippen LogP contribution in [-0.4, -0.2) is 18.0 Å². The number of ether oxygens (including phenoxy) is 2. The second-order valence-electron chi connectivity index (χ2n) is 7.03. The molecular weight excluding hydrogens is 383 g/mol. The van der Waals surface area contributed by atoms with Gasteiger partial charge in [-0.3, -0.25) is 4.79 Å². The van der Waals surface area contributed by atoms with Crippen molar-refractivity contribution in [2.24, 2.45) is 5.92 Å². The van der Waals surface area contributed by atoms with Gasteiger partial charge in [-0.15, -0.1) is 0 Å². The van der Waals surface area contributed by atoms with Gasteiger partial charge in [-0.05, 0) is 36.6 Å². The molecule has 0 bridgehead atoms. The molecule has 1 aliphatic carbocycles. The number of halogens is 2. The SMILES string of the molecule is O=C1C(c2ccccc2Cl)=COC2CC(OCc3ccc(Cl)cc3)CCC12. The van der Waals surface area contributed by atoms with Crippen LogP contribution in [0.3, 0.4) is 0 Å². The predicted octanol–water partition coefficient (Wildman–Crippen LogP) is 5.69. The van der Waals surface area contributed by atoms with Crippen LogP contribution in [0.1, 0.15) is 30.4 Å². The quantitative estimate of drug-likeness (QED) is 0.658. The van der Waals surface area contributed by atoms with Gasteiger partial charge in [0.2, 0.25) is 0 Å². The lowest BCUT2D eigenvalue weighted by molar-refractivity contribution is -0.128. The Hall–Kier alpha value is -1.81. The summed E-state index contributed by atoms with van der Waals surface area (Å²) in [5, 5.41) is 1.29. The first-order chi connectivity index (χ1) is 13.1. The first-order valence-electron chi connectivity index (χ1n) is 9.12. The fourth-order valence-electron chi connectivity index (χ4n) is 3.78. The van der Waals surface area contributed by atoms with E-state index in [4.69, 9.17) is 32.7 Å². The highest BCUT2D eigenvalue weighted by Gasteiger charge is 2.40. The van der Waals surface area contributed by atoms with Gasteiger partial charge < -0.3 is 9.47 Å². The predicted molar refractivity (Wildman–Crippen MR) is 107 cm³/mol. The lowest BCUT2D eigenvalue weighted by atomic mass is 9.78. The number of rotatable bonds is 4. The Labute approximate surface area is 168 Å². The van der Waals surface area contributed by atoms with Gasteiger partial charge in [-0.25, -0.2) is 0 Å². The number of allylic oxidation sites excluding steroid dienone is 1. The van der Waals surface area contributed by atoms with Crippen molar-refractivity contribution >= 4 is 34.6 Å². The molecule has 5 heteroatoms. The van der Waals surface area contributed by atoms with Crippen molar-refractivity contribution in [1.29, 1.82) is 0 Å². The van der Waals surface area contributed by atoms with Crippen LogP contribution in [0.5, 0.6) is 0 Å². The molecule has 1 aliphatic heterocycles. The molecule has 4 rings (SSSR count). The fraction of sp³-hybridized carbons (Fsp3) is 0.318. The molecule has 3 unspecified atom stereocenters. The molecule has 0 aromatic heterocycles. The average molecular weight is 403 g/mol. The van der Waals surface area contributed by atoms with Crippen LogP contribution in [0.4, 0.5) is 0 Å². The van der Waals surface area contributed by atoms with E-state index < -0.39 is 0 Å². The Morgan fingerprint density at radius 1 is 1.04 bits per heavy atom. The number of hydrogen-bond acceptors (Lipinski definition) is 3. The number of carbonyl (C=O) groups is 1. The molecule has 2 aromatic carbocycles. The summed E-state index contributed by atoms with van der Waals surface area (Å²) >= 11 is 12.2. The summed E-state index contributed by atoms with van der Waals surface area (Å²) in [5.74, 6) is -0.00726. The average Bonchev–Trinajstić information content (AvgIpc) is 2.69. The Kier molecular flexibility index (Phi) is 5.53. The third kappa shape index (κ3) is 4.06. The molecule has 140 valence electrons. The minimum Gasteiger partial charge on any atom is -0.496 e. The Morgan fingerprint density at radius 3 is 2.59 bits per heavy atom. The van der Waals surface area contributed by atoms with E-state index in [0.29, 0.717) is 17.2 Å². The Balaban J connectivity index is 1.40. The highest BCUT2D eigenvalue weighted by Crippen LogP contribution is 2.38. The molecule has 0 radical (unpaired) electrons. The van der Waals surface area contributed by atoms with E-state index in [1.165, 1.54) is 0 Å². The fourth-order valence-corrected chi connectivity index (χ4v) is 4.14. The zero-order valence-corrected chi connectivity index (χ0v) is 16.2. The van der Waals surface area contributed by atoms with E-state index in [2.05, 4.69) is 0 Å². The molecule has 27 heavy (non-hydrogen) atoms. The molecule has 0 saturated heterocycles. The Bertz CT molecular complexity index is 860. The van der Waals surface area contributed by atoms with Crippen LogP contribution in [0.25, 0.3) is 5.57 Å². The molecule has 1 heterocycles. The molecule has 1 saturated carbocycles. The van der Waals surface area contributed by atoms with Gasteiger partial charge >= 0.3 is 0 Å². The Morgan fingerprint density at radius 2 is 1.81 bits per heavy atom. The molecule has 1 fully saturated rings. The number of Topliss-reactive ketones (excluding diaryl/α,β-unsaturated/α-hetero) is 1. The standard InChI is InChI=1S/C22H20Cl2O3/c23-15-7-5-14(6-8-15)12-26-16-9-10-18-21(11-16)27-13-19(22(18)25)17-3-1-2-4-20(17)24/h1-8,13,16,18,21H,9-12H2. The lowest BCUT2D eigenvalue weighted by Gasteiger charge is -2.37. The monoisotopic (exact) mass is 402 g/mol. The molecule has 0 spiro atoms. The van der Waals surface area contributed by atoms with E-state index in [1.807, 2.05) is 42.5 Å². The van der Waals surface area contributed by atoms with Crippen LogP contribution in [0.2, 0.25) is 10.0 Å². The van der Waals surface area contributed by atoms with E-state index in [-0.39, 0.29) is 23.9 Å². The maximum Gasteiger partial charge on any atom is 0.173 e. The molecule has 0 N–H and O–H groups in total. The van der Waals surface area contributed by atoms with Gasteiger partial charge in [0, 0.05) is 22.0 Å². The van der Waals surface area contributed by atoms with Crippen molar-refractivity contribution in [2.45, 2.75) is 38.1 Å². The number of hydrogen-bond donors (Lipinski definition) is 0. The molecule has 0 amide bonds. The third-order valence-electron chi connectivity index (χ3n) is 5.27. The van der Waals surface area contributed by atoms with Gasteiger partial charge in [-0.1, -0.05) is 53.5 Å². The van der Waals surface area contributed by atoms with Crippen molar-refractivity contribution in [3.8, 4) is 0 Å². The first-order valence-corrected chi connectivity index (χ1v) is 9.88. The van der Waals surface area contributed by atoms with Gasteiger partial charge in [0.05, 0.1) is 30.5 Å². The van der Waals surface area contributed by atoms with Gasteiger partial charge in [0.15, 0.2) is 5.78 Å². The van der Waals surface area contributed by atoms with E-state index in [9.17, 15) is 4.79 Å². The number of ketones is 1. The molecule has 2 aromatic rings. The number of benzene rings is 2. The van der Waals surface area contributed by atoms with E-state index in [0.717, 1.165) is 35.4 Å². The number of fused-ring (bicyclic) bond motifs is 1. The smallest absolute Gasteiger partial charge is 0.173 e. The van der Waals surface area contributed by atoms with Crippen molar-refractivity contribution in [3.63, 3.8) is 0 Å². The molecule has 3 atom stereocenters.